The summed E-state index contributed by atoms with van der Waals surface area (Å²) in [5.74, 6) is 0.703. The van der Waals surface area contributed by atoms with Crippen LogP contribution in [-0.4, -0.2) is 37.6 Å². The molecular formula is C29H33N2O2+. The number of likely N-dealkylation sites (tertiary alicyclic amines) is 1. The number of nitrogens with zero attached hydrogens (tertiary/aromatic N) is 1. The second kappa shape index (κ2) is 10.5. The molecule has 0 aliphatic carbocycles. The van der Waals surface area contributed by atoms with Gasteiger partial charge in [-0.05, 0) is 72.4 Å². The maximum atomic E-state index is 12.4. The van der Waals surface area contributed by atoms with E-state index in [9.17, 15) is 4.79 Å². The van der Waals surface area contributed by atoms with Gasteiger partial charge in [-0.3, -0.25) is 4.79 Å². The number of carbonyl (C=O) groups excluding carboxylic acids is 1. The van der Waals surface area contributed by atoms with E-state index in [2.05, 4.69) is 36.6 Å². The zero-order chi connectivity index (χ0) is 23.1. The minimum absolute atomic E-state index is 0.132. The topological polar surface area (TPSA) is 38.3 Å². The van der Waals surface area contributed by atoms with Gasteiger partial charge in [-0.2, -0.15) is 0 Å². The first-order valence-electron chi connectivity index (χ1n) is 11.7. The highest BCUT2D eigenvalue weighted by atomic mass is 16.5. The number of anilines is 1. The molecule has 4 nitrogen and oxygen atoms in total. The minimum Gasteiger partial charge on any atom is -0.497 e. The van der Waals surface area contributed by atoms with E-state index in [0.29, 0.717) is 0 Å². The molecule has 0 spiro atoms. The Morgan fingerprint density at radius 3 is 2.36 bits per heavy atom. The maximum absolute atomic E-state index is 12.4. The van der Waals surface area contributed by atoms with Gasteiger partial charge in [-0.1, -0.05) is 42.5 Å². The molecule has 170 valence electrons. The summed E-state index contributed by atoms with van der Waals surface area (Å²) in [5, 5.41) is 2.97. The van der Waals surface area contributed by atoms with Gasteiger partial charge >= 0.3 is 0 Å². The molecule has 0 bridgehead atoms. The Balaban J connectivity index is 1.35. The average molecular weight is 442 g/mol. The minimum atomic E-state index is -0.132. The Morgan fingerprint density at radius 2 is 1.67 bits per heavy atom. The molecule has 1 aliphatic heterocycles. The van der Waals surface area contributed by atoms with E-state index >= 15 is 0 Å². The van der Waals surface area contributed by atoms with E-state index in [1.54, 1.807) is 13.2 Å². The second-order valence-corrected chi connectivity index (χ2v) is 9.16. The standard InChI is InChI=1S/C29H32N2O2/c1-31(19-4-3-5-20-31)22-24-9-14-27(15-10-24)30-29(32)18-11-23-7-6-8-26(21-23)25-12-16-28(33-2)17-13-25/h6-18,21H,3-5,19-20,22H2,1-2H3/p+1/b18-11+. The van der Waals surface area contributed by atoms with Gasteiger partial charge in [0.1, 0.15) is 12.3 Å². The van der Waals surface area contributed by atoms with Crippen LogP contribution in [0.5, 0.6) is 5.75 Å². The summed E-state index contributed by atoms with van der Waals surface area (Å²) in [6, 6.07) is 24.4. The van der Waals surface area contributed by atoms with Crippen LogP contribution in [0.4, 0.5) is 5.69 Å². The third-order valence-electron chi connectivity index (χ3n) is 6.42. The normalized spacial score (nSPS) is 15.3. The zero-order valence-electron chi connectivity index (χ0n) is 19.6. The van der Waals surface area contributed by atoms with Crippen LogP contribution < -0.4 is 10.1 Å². The van der Waals surface area contributed by atoms with Gasteiger partial charge in [-0.15, -0.1) is 0 Å². The van der Waals surface area contributed by atoms with Crippen LogP contribution in [-0.2, 0) is 11.3 Å². The number of hydrogen-bond donors (Lipinski definition) is 1. The summed E-state index contributed by atoms with van der Waals surface area (Å²) in [6.45, 7) is 3.56. The summed E-state index contributed by atoms with van der Waals surface area (Å²) in [5.41, 5.74) is 5.33. The lowest BCUT2D eigenvalue weighted by Crippen LogP contribution is -2.46. The molecule has 1 aliphatic rings. The Morgan fingerprint density at radius 1 is 0.939 bits per heavy atom. The molecule has 3 aromatic carbocycles. The van der Waals surface area contributed by atoms with E-state index in [0.717, 1.165) is 39.2 Å². The molecule has 0 atom stereocenters. The fourth-order valence-corrected chi connectivity index (χ4v) is 4.53. The molecule has 4 rings (SSSR count). The van der Waals surface area contributed by atoms with E-state index in [-0.39, 0.29) is 5.91 Å². The fraction of sp³-hybridized carbons (Fsp3) is 0.276. The molecule has 0 radical (unpaired) electrons. The van der Waals surface area contributed by atoms with Gasteiger partial charge in [0.25, 0.3) is 0 Å². The molecular weight excluding hydrogens is 408 g/mol. The predicted molar refractivity (Wildman–Crippen MR) is 136 cm³/mol. The van der Waals surface area contributed by atoms with Crippen molar-refractivity contribution in [2.45, 2.75) is 25.8 Å². The summed E-state index contributed by atoms with van der Waals surface area (Å²) in [4.78, 5) is 12.4. The number of quaternary nitrogens is 1. The number of methoxy groups -OCH3 is 1. The van der Waals surface area contributed by atoms with Gasteiger partial charge in [0, 0.05) is 17.3 Å². The van der Waals surface area contributed by atoms with Gasteiger partial charge in [-0.25, -0.2) is 0 Å². The summed E-state index contributed by atoms with van der Waals surface area (Å²) in [6.07, 6.45) is 7.43. The third kappa shape index (κ3) is 6.33. The number of hydrogen-bond acceptors (Lipinski definition) is 2. The van der Waals surface area contributed by atoms with Crippen molar-refractivity contribution in [1.82, 2.24) is 0 Å². The number of nitrogens with one attached hydrogen (secondary N) is 1. The monoisotopic (exact) mass is 441 g/mol. The van der Waals surface area contributed by atoms with Crippen LogP contribution >= 0.6 is 0 Å². The highest BCUT2D eigenvalue weighted by molar-refractivity contribution is 6.02. The zero-order valence-corrected chi connectivity index (χ0v) is 19.6. The number of carbonyl (C=O) groups is 1. The van der Waals surface area contributed by atoms with Crippen LogP contribution in [0.15, 0.2) is 78.9 Å². The van der Waals surface area contributed by atoms with E-state index in [1.165, 1.54) is 37.9 Å². The lowest BCUT2D eigenvalue weighted by atomic mass is 10.0. The Bertz CT molecular complexity index is 1100. The van der Waals surface area contributed by atoms with Gasteiger partial charge in [0.2, 0.25) is 5.91 Å². The van der Waals surface area contributed by atoms with Crippen LogP contribution in [0, 0.1) is 0 Å². The largest absolute Gasteiger partial charge is 0.497 e. The molecule has 0 aromatic heterocycles. The number of piperidine rings is 1. The highest BCUT2D eigenvalue weighted by Gasteiger charge is 2.24. The van der Waals surface area contributed by atoms with Crippen LogP contribution in [0.25, 0.3) is 17.2 Å². The molecule has 1 saturated heterocycles. The van der Waals surface area contributed by atoms with E-state index in [1.807, 2.05) is 54.6 Å². The molecule has 1 N–H and O–H groups in total. The Labute approximate surface area is 197 Å². The van der Waals surface area contributed by atoms with E-state index in [4.69, 9.17) is 4.74 Å². The summed E-state index contributed by atoms with van der Waals surface area (Å²) >= 11 is 0. The van der Waals surface area contributed by atoms with Crippen LogP contribution in [0.3, 0.4) is 0 Å². The van der Waals surface area contributed by atoms with Crippen LogP contribution in [0.2, 0.25) is 0 Å². The molecule has 1 heterocycles. The SMILES string of the molecule is COc1ccc(-c2cccc(/C=C/C(=O)Nc3ccc(C[N+]4(C)CCCCC4)cc3)c2)cc1. The van der Waals surface area contributed by atoms with Crippen molar-refractivity contribution in [3.8, 4) is 16.9 Å². The molecule has 33 heavy (non-hydrogen) atoms. The smallest absolute Gasteiger partial charge is 0.248 e. The number of rotatable bonds is 7. The van der Waals surface area contributed by atoms with Crippen molar-refractivity contribution in [2.24, 2.45) is 0 Å². The van der Waals surface area contributed by atoms with Crippen molar-refractivity contribution in [1.29, 1.82) is 0 Å². The van der Waals surface area contributed by atoms with Gasteiger partial charge in [0.15, 0.2) is 0 Å². The van der Waals surface area contributed by atoms with Crippen molar-refractivity contribution in [2.75, 3.05) is 32.6 Å². The van der Waals surface area contributed by atoms with Crippen LogP contribution in [0.1, 0.15) is 30.4 Å². The van der Waals surface area contributed by atoms with Crippen molar-refractivity contribution in [3.05, 3.63) is 90.0 Å². The van der Waals surface area contributed by atoms with E-state index < -0.39 is 0 Å². The Kier molecular flexibility index (Phi) is 7.26. The van der Waals surface area contributed by atoms with Gasteiger partial charge < -0.3 is 14.5 Å². The molecule has 4 heteroatoms. The summed E-state index contributed by atoms with van der Waals surface area (Å²) < 4.78 is 6.35. The molecule has 1 fully saturated rings. The number of ether oxygens (including phenoxy) is 1. The molecule has 3 aromatic rings. The fourth-order valence-electron chi connectivity index (χ4n) is 4.53. The highest BCUT2D eigenvalue weighted by Crippen LogP contribution is 2.24. The third-order valence-corrected chi connectivity index (χ3v) is 6.42. The second-order valence-electron chi connectivity index (χ2n) is 9.16. The molecule has 1 amide bonds. The molecule has 0 unspecified atom stereocenters. The maximum Gasteiger partial charge on any atom is 0.248 e. The number of amides is 1. The van der Waals surface area contributed by atoms with Crippen molar-refractivity contribution >= 4 is 17.7 Å². The average Bonchev–Trinajstić information content (AvgIpc) is 2.84. The quantitative estimate of drug-likeness (QED) is 0.353. The van der Waals surface area contributed by atoms with Gasteiger partial charge in [0.05, 0.1) is 27.2 Å². The first kappa shape index (κ1) is 22.8. The lowest BCUT2D eigenvalue weighted by molar-refractivity contribution is -0.926. The number of benzene rings is 3. The molecule has 0 saturated carbocycles. The summed E-state index contributed by atoms with van der Waals surface area (Å²) in [7, 11) is 4.01. The first-order valence-corrected chi connectivity index (χ1v) is 11.7. The van der Waals surface area contributed by atoms with Crippen molar-refractivity contribution < 1.29 is 14.0 Å². The predicted octanol–water partition coefficient (Wildman–Crippen LogP) is 6.14. The first-order chi connectivity index (χ1) is 16.0. The lowest BCUT2D eigenvalue weighted by Gasteiger charge is -2.37. The van der Waals surface area contributed by atoms with Crippen molar-refractivity contribution in [3.63, 3.8) is 0 Å². The Hall–Kier alpha value is -3.37.